The fourth-order valence-corrected chi connectivity index (χ4v) is 1.32. The number of hydrogen-bond acceptors (Lipinski definition) is 2. The Labute approximate surface area is 104 Å². The minimum atomic E-state index is -4.37. The number of halogens is 4. The predicted octanol–water partition coefficient (Wildman–Crippen LogP) is 2.80. The van der Waals surface area contributed by atoms with Crippen molar-refractivity contribution in [1.29, 1.82) is 5.26 Å². The zero-order valence-electron chi connectivity index (χ0n) is 8.87. The van der Waals surface area contributed by atoms with Gasteiger partial charge in [-0.05, 0) is 24.5 Å². The second kappa shape index (κ2) is 6.48. The number of nitriles is 1. The SMILES string of the molecule is Cl.N#Cc1ccccc1CCC(N)C(F)(F)F. The lowest BCUT2D eigenvalue weighted by Gasteiger charge is -2.15. The van der Waals surface area contributed by atoms with Crippen molar-refractivity contribution in [3.63, 3.8) is 0 Å². The average Bonchev–Trinajstić information content (AvgIpc) is 2.24. The summed E-state index contributed by atoms with van der Waals surface area (Å²) < 4.78 is 36.4. The molecule has 0 aliphatic carbocycles. The fourth-order valence-electron chi connectivity index (χ4n) is 1.32. The van der Waals surface area contributed by atoms with E-state index in [0.717, 1.165) is 0 Å². The highest BCUT2D eigenvalue weighted by Crippen LogP contribution is 2.22. The number of nitrogens with zero attached hydrogens (tertiary/aromatic N) is 1. The molecule has 0 saturated carbocycles. The summed E-state index contributed by atoms with van der Waals surface area (Å²) in [5, 5.41) is 8.74. The molecule has 1 unspecified atom stereocenters. The lowest BCUT2D eigenvalue weighted by atomic mass is 10.0. The van der Waals surface area contributed by atoms with E-state index in [2.05, 4.69) is 0 Å². The van der Waals surface area contributed by atoms with E-state index in [1.165, 1.54) is 0 Å². The molecule has 0 aliphatic rings. The summed E-state index contributed by atoms with van der Waals surface area (Å²) in [7, 11) is 0. The molecule has 17 heavy (non-hydrogen) atoms. The molecule has 2 nitrogen and oxygen atoms in total. The lowest BCUT2D eigenvalue weighted by Crippen LogP contribution is -2.37. The van der Waals surface area contributed by atoms with Crippen molar-refractivity contribution < 1.29 is 13.2 Å². The van der Waals surface area contributed by atoms with E-state index >= 15 is 0 Å². The molecule has 2 N–H and O–H groups in total. The Balaban J connectivity index is 0.00000256. The van der Waals surface area contributed by atoms with Crippen LogP contribution in [0.3, 0.4) is 0 Å². The molecule has 0 bridgehead atoms. The Morgan fingerprint density at radius 3 is 2.41 bits per heavy atom. The van der Waals surface area contributed by atoms with E-state index in [9.17, 15) is 13.2 Å². The van der Waals surface area contributed by atoms with Gasteiger partial charge in [0.1, 0.15) is 6.04 Å². The van der Waals surface area contributed by atoms with Crippen LogP contribution in [0.25, 0.3) is 0 Å². The summed E-state index contributed by atoms with van der Waals surface area (Å²) >= 11 is 0. The van der Waals surface area contributed by atoms with Gasteiger partial charge in [0.25, 0.3) is 0 Å². The van der Waals surface area contributed by atoms with Crippen LogP contribution in [0.4, 0.5) is 13.2 Å². The number of nitrogens with two attached hydrogens (primary N) is 1. The van der Waals surface area contributed by atoms with Crippen LogP contribution in [0, 0.1) is 11.3 Å². The van der Waals surface area contributed by atoms with E-state index in [-0.39, 0.29) is 25.2 Å². The van der Waals surface area contributed by atoms with Crippen molar-refractivity contribution in [2.75, 3.05) is 0 Å². The number of hydrogen-bond donors (Lipinski definition) is 1. The lowest BCUT2D eigenvalue weighted by molar-refractivity contribution is -0.148. The molecule has 6 heteroatoms. The molecule has 1 aromatic rings. The Morgan fingerprint density at radius 2 is 1.88 bits per heavy atom. The fraction of sp³-hybridized carbons (Fsp3) is 0.364. The van der Waals surface area contributed by atoms with Gasteiger partial charge in [-0.15, -0.1) is 12.4 Å². The van der Waals surface area contributed by atoms with E-state index in [1.54, 1.807) is 24.3 Å². The molecule has 0 saturated heterocycles. The Bertz CT molecular complexity index is 398. The summed E-state index contributed by atoms with van der Waals surface area (Å²) in [6, 6.07) is 6.68. The zero-order chi connectivity index (χ0) is 12.2. The topological polar surface area (TPSA) is 49.8 Å². The Kier molecular flexibility index (Phi) is 6.00. The highest BCUT2D eigenvalue weighted by atomic mass is 35.5. The maximum atomic E-state index is 12.1. The van der Waals surface area contributed by atoms with Crippen LogP contribution in [-0.4, -0.2) is 12.2 Å². The molecule has 1 aromatic carbocycles. The van der Waals surface area contributed by atoms with E-state index in [4.69, 9.17) is 11.0 Å². The van der Waals surface area contributed by atoms with Gasteiger partial charge in [0, 0.05) is 0 Å². The third-order valence-electron chi connectivity index (χ3n) is 2.28. The van der Waals surface area contributed by atoms with Crippen LogP contribution in [0.15, 0.2) is 24.3 Å². The molecule has 0 spiro atoms. The summed E-state index contributed by atoms with van der Waals surface area (Å²) in [6.45, 7) is 0. The van der Waals surface area contributed by atoms with Gasteiger partial charge in [0.2, 0.25) is 0 Å². The number of alkyl halides is 3. The van der Waals surface area contributed by atoms with Gasteiger partial charge in [-0.3, -0.25) is 0 Å². The highest BCUT2D eigenvalue weighted by Gasteiger charge is 2.36. The Morgan fingerprint density at radius 1 is 1.29 bits per heavy atom. The van der Waals surface area contributed by atoms with Crippen molar-refractivity contribution in [2.24, 2.45) is 5.73 Å². The van der Waals surface area contributed by atoms with Crippen molar-refractivity contribution >= 4 is 12.4 Å². The average molecular weight is 265 g/mol. The summed E-state index contributed by atoms with van der Waals surface area (Å²) in [5.74, 6) is 0. The number of rotatable bonds is 3. The molecule has 0 fully saturated rings. The third-order valence-corrected chi connectivity index (χ3v) is 2.28. The molecule has 0 aliphatic heterocycles. The Hall–Kier alpha value is -1.25. The van der Waals surface area contributed by atoms with Crippen LogP contribution < -0.4 is 5.73 Å². The quantitative estimate of drug-likeness (QED) is 0.913. The van der Waals surface area contributed by atoms with E-state index in [0.29, 0.717) is 11.1 Å². The summed E-state index contributed by atoms with van der Waals surface area (Å²) in [4.78, 5) is 0. The second-order valence-corrected chi connectivity index (χ2v) is 3.46. The second-order valence-electron chi connectivity index (χ2n) is 3.46. The molecular formula is C11H12ClF3N2. The molecule has 1 atom stereocenters. The van der Waals surface area contributed by atoms with Gasteiger partial charge in [-0.2, -0.15) is 18.4 Å². The molecule has 0 radical (unpaired) electrons. The molecule has 1 rings (SSSR count). The monoisotopic (exact) mass is 264 g/mol. The van der Waals surface area contributed by atoms with Gasteiger partial charge in [-0.25, -0.2) is 0 Å². The standard InChI is InChI=1S/C11H11F3N2.ClH/c12-11(13,14)10(16)6-5-8-3-1-2-4-9(8)7-15;/h1-4,10H,5-6,16H2;1H. The maximum Gasteiger partial charge on any atom is 0.403 e. The first-order valence-corrected chi connectivity index (χ1v) is 4.75. The normalized spacial score (nSPS) is 12.4. The van der Waals surface area contributed by atoms with Crippen molar-refractivity contribution in [2.45, 2.75) is 25.1 Å². The van der Waals surface area contributed by atoms with Gasteiger partial charge in [-0.1, -0.05) is 18.2 Å². The van der Waals surface area contributed by atoms with Crippen molar-refractivity contribution in [3.8, 4) is 6.07 Å². The van der Waals surface area contributed by atoms with Crippen LogP contribution in [0.1, 0.15) is 17.5 Å². The van der Waals surface area contributed by atoms with Crippen molar-refractivity contribution in [1.82, 2.24) is 0 Å². The maximum absolute atomic E-state index is 12.1. The van der Waals surface area contributed by atoms with Gasteiger partial charge >= 0.3 is 6.18 Å². The van der Waals surface area contributed by atoms with Gasteiger partial charge in [0.15, 0.2) is 0 Å². The number of aryl methyl sites for hydroxylation is 1. The molecule has 0 heterocycles. The van der Waals surface area contributed by atoms with E-state index < -0.39 is 12.2 Å². The van der Waals surface area contributed by atoms with Crippen LogP contribution in [0.2, 0.25) is 0 Å². The summed E-state index contributed by atoms with van der Waals surface area (Å²) in [6.07, 6.45) is -4.42. The van der Waals surface area contributed by atoms with Crippen LogP contribution in [-0.2, 0) is 6.42 Å². The van der Waals surface area contributed by atoms with Gasteiger partial charge in [0.05, 0.1) is 11.6 Å². The number of benzene rings is 1. The zero-order valence-corrected chi connectivity index (χ0v) is 9.68. The van der Waals surface area contributed by atoms with Crippen LogP contribution >= 0.6 is 12.4 Å². The van der Waals surface area contributed by atoms with Gasteiger partial charge < -0.3 is 5.73 Å². The van der Waals surface area contributed by atoms with E-state index in [1.807, 2.05) is 6.07 Å². The van der Waals surface area contributed by atoms with Crippen LogP contribution in [0.5, 0.6) is 0 Å². The largest absolute Gasteiger partial charge is 0.403 e. The minimum Gasteiger partial charge on any atom is -0.320 e. The molecule has 0 amide bonds. The molecule has 0 aromatic heterocycles. The first-order chi connectivity index (χ1) is 7.45. The molecular weight excluding hydrogens is 253 g/mol. The third kappa shape index (κ3) is 4.63. The smallest absolute Gasteiger partial charge is 0.320 e. The van der Waals surface area contributed by atoms with Crippen molar-refractivity contribution in [3.05, 3.63) is 35.4 Å². The first kappa shape index (κ1) is 15.8. The minimum absolute atomic E-state index is 0. The molecule has 94 valence electrons. The predicted molar refractivity (Wildman–Crippen MR) is 60.8 cm³/mol. The first-order valence-electron chi connectivity index (χ1n) is 4.75. The summed E-state index contributed by atoms with van der Waals surface area (Å²) in [5.41, 5.74) is 5.98. The highest BCUT2D eigenvalue weighted by molar-refractivity contribution is 5.85.